The minimum absolute atomic E-state index is 0.00840. The van der Waals surface area contributed by atoms with Gasteiger partial charge in [0.05, 0.1) is 12.7 Å². The van der Waals surface area contributed by atoms with Crippen LogP contribution in [0.25, 0.3) is 23.3 Å². The average molecular weight is 499 g/mol. The van der Waals surface area contributed by atoms with Crippen molar-refractivity contribution in [3.05, 3.63) is 94.1 Å². The summed E-state index contributed by atoms with van der Waals surface area (Å²) in [7, 11) is 1.68. The van der Waals surface area contributed by atoms with Gasteiger partial charge < -0.3 is 9.47 Å². The van der Waals surface area contributed by atoms with Crippen LogP contribution in [0.5, 0.6) is 0 Å². The molecule has 3 aromatic carbocycles. The largest absolute Gasteiger partial charge is 0.381 e. The Morgan fingerprint density at radius 2 is 1.50 bits per heavy atom. The van der Waals surface area contributed by atoms with E-state index in [0.29, 0.717) is 23.3 Å². The predicted octanol–water partition coefficient (Wildman–Crippen LogP) is 8.29. The Kier molecular flexibility index (Phi) is 8.60. The molecule has 0 radical (unpaired) electrons. The lowest BCUT2D eigenvalue weighted by Crippen LogP contribution is -2.20. The van der Waals surface area contributed by atoms with E-state index in [1.54, 1.807) is 56.5 Å². The van der Waals surface area contributed by atoms with E-state index in [1.807, 2.05) is 0 Å². The molecule has 0 atom stereocenters. The predicted molar refractivity (Wildman–Crippen MR) is 134 cm³/mol. The maximum Gasteiger partial charge on any atom is 0.166 e. The van der Waals surface area contributed by atoms with Gasteiger partial charge in [-0.1, -0.05) is 60.7 Å². The number of benzene rings is 3. The zero-order valence-corrected chi connectivity index (χ0v) is 20.5. The highest BCUT2D eigenvalue weighted by Crippen LogP contribution is 2.37. The zero-order valence-electron chi connectivity index (χ0n) is 20.5. The summed E-state index contributed by atoms with van der Waals surface area (Å²) in [5.41, 5.74) is 2.14. The van der Waals surface area contributed by atoms with Gasteiger partial charge in [0.2, 0.25) is 0 Å². The van der Waals surface area contributed by atoms with E-state index in [-0.39, 0.29) is 35.3 Å². The third kappa shape index (κ3) is 5.71. The summed E-state index contributed by atoms with van der Waals surface area (Å²) in [4.78, 5) is 0. The lowest BCUT2D eigenvalue weighted by Gasteiger charge is -2.28. The molecule has 2 nitrogen and oxygen atoms in total. The molecule has 0 aliphatic heterocycles. The summed E-state index contributed by atoms with van der Waals surface area (Å²) in [6, 6.07) is 13.1. The standard InChI is InChI=1S/C30H30F4O2/c1-3-36-18-23-11-10-22(27(31)28(23)32)9-6-19-4-7-20(8-5-19)25-16-17-26(30(34)29(25)33)21-12-14-24(35-2)15-13-21/h4-11,16-17,21,24H,3,12-15,18H2,1-2H3/b9-6+. The van der Waals surface area contributed by atoms with E-state index >= 15 is 4.39 Å². The first-order chi connectivity index (χ1) is 17.4. The molecule has 3 aromatic rings. The fourth-order valence-corrected chi connectivity index (χ4v) is 4.73. The Bertz CT molecular complexity index is 1210. The summed E-state index contributed by atoms with van der Waals surface area (Å²) in [6.07, 6.45) is 6.53. The van der Waals surface area contributed by atoms with Crippen LogP contribution in [0.1, 0.15) is 60.8 Å². The van der Waals surface area contributed by atoms with Gasteiger partial charge in [-0.2, -0.15) is 0 Å². The van der Waals surface area contributed by atoms with Crippen molar-refractivity contribution < 1.29 is 27.0 Å². The molecule has 0 heterocycles. The Morgan fingerprint density at radius 3 is 2.17 bits per heavy atom. The molecule has 190 valence electrons. The molecule has 0 unspecified atom stereocenters. The van der Waals surface area contributed by atoms with Crippen LogP contribution in [0.2, 0.25) is 0 Å². The van der Waals surface area contributed by atoms with Gasteiger partial charge in [0.1, 0.15) is 0 Å². The van der Waals surface area contributed by atoms with Crippen molar-refractivity contribution in [2.24, 2.45) is 0 Å². The van der Waals surface area contributed by atoms with Gasteiger partial charge in [-0.15, -0.1) is 0 Å². The van der Waals surface area contributed by atoms with Crippen LogP contribution in [0.15, 0.2) is 48.5 Å². The van der Waals surface area contributed by atoms with Crippen molar-refractivity contribution in [1.29, 1.82) is 0 Å². The van der Waals surface area contributed by atoms with E-state index < -0.39 is 23.3 Å². The molecule has 0 spiro atoms. The average Bonchev–Trinajstić information content (AvgIpc) is 2.91. The molecule has 0 saturated heterocycles. The van der Waals surface area contributed by atoms with Crippen molar-refractivity contribution in [2.45, 2.75) is 51.2 Å². The van der Waals surface area contributed by atoms with Crippen molar-refractivity contribution in [3.8, 4) is 11.1 Å². The quantitative estimate of drug-likeness (QED) is 0.230. The second kappa shape index (κ2) is 11.8. The zero-order chi connectivity index (χ0) is 25.7. The Morgan fingerprint density at radius 1 is 0.778 bits per heavy atom. The molecule has 0 N–H and O–H groups in total. The van der Waals surface area contributed by atoms with Gasteiger partial charge in [-0.05, 0) is 55.2 Å². The number of hydrogen-bond donors (Lipinski definition) is 0. The molecule has 36 heavy (non-hydrogen) atoms. The van der Waals surface area contributed by atoms with E-state index in [1.165, 1.54) is 18.2 Å². The normalized spacial score (nSPS) is 18.2. The fourth-order valence-electron chi connectivity index (χ4n) is 4.73. The lowest BCUT2D eigenvalue weighted by molar-refractivity contribution is 0.0655. The van der Waals surface area contributed by atoms with Crippen molar-refractivity contribution >= 4 is 12.2 Å². The molecule has 1 aliphatic rings. The maximum absolute atomic E-state index is 15.0. The Balaban J connectivity index is 1.48. The van der Waals surface area contributed by atoms with Crippen LogP contribution in [0.3, 0.4) is 0 Å². The highest BCUT2D eigenvalue weighted by molar-refractivity contribution is 5.72. The van der Waals surface area contributed by atoms with Crippen LogP contribution in [0, 0.1) is 23.3 Å². The van der Waals surface area contributed by atoms with Crippen LogP contribution in [0.4, 0.5) is 17.6 Å². The number of methoxy groups -OCH3 is 1. The number of halogens is 4. The Labute approximate surface area is 209 Å². The van der Waals surface area contributed by atoms with E-state index in [9.17, 15) is 13.2 Å². The van der Waals surface area contributed by atoms with Crippen LogP contribution < -0.4 is 0 Å². The summed E-state index contributed by atoms with van der Waals surface area (Å²) >= 11 is 0. The number of rotatable bonds is 8. The van der Waals surface area contributed by atoms with Crippen LogP contribution >= 0.6 is 0 Å². The topological polar surface area (TPSA) is 18.5 Å². The Hall–Kier alpha value is -2.96. The van der Waals surface area contributed by atoms with Gasteiger partial charge in [-0.3, -0.25) is 0 Å². The SMILES string of the molecule is CCOCc1ccc(/C=C/c2ccc(-c3ccc(C4CCC(OC)CC4)c(F)c3F)cc2)c(F)c1F. The van der Waals surface area contributed by atoms with Gasteiger partial charge >= 0.3 is 0 Å². The van der Waals surface area contributed by atoms with E-state index in [0.717, 1.165) is 25.7 Å². The highest BCUT2D eigenvalue weighted by atomic mass is 19.2. The summed E-state index contributed by atoms with van der Waals surface area (Å²) in [6.45, 7) is 2.21. The van der Waals surface area contributed by atoms with Crippen molar-refractivity contribution in [2.75, 3.05) is 13.7 Å². The van der Waals surface area contributed by atoms with Crippen molar-refractivity contribution in [1.82, 2.24) is 0 Å². The minimum Gasteiger partial charge on any atom is -0.381 e. The molecule has 0 amide bonds. The summed E-state index contributed by atoms with van der Waals surface area (Å²) < 4.78 is 69.2. The third-order valence-electron chi connectivity index (χ3n) is 6.89. The molecule has 1 saturated carbocycles. The molecule has 6 heteroatoms. The first-order valence-corrected chi connectivity index (χ1v) is 12.3. The monoisotopic (exact) mass is 498 g/mol. The van der Waals surface area contributed by atoms with Gasteiger partial charge in [0.15, 0.2) is 23.3 Å². The van der Waals surface area contributed by atoms with Gasteiger partial charge in [0, 0.05) is 30.4 Å². The lowest BCUT2D eigenvalue weighted by atomic mass is 9.82. The third-order valence-corrected chi connectivity index (χ3v) is 6.89. The second-order valence-electron chi connectivity index (χ2n) is 9.07. The number of hydrogen-bond acceptors (Lipinski definition) is 2. The molecule has 1 fully saturated rings. The van der Waals surface area contributed by atoms with Gasteiger partial charge in [0.25, 0.3) is 0 Å². The maximum atomic E-state index is 15.0. The highest BCUT2D eigenvalue weighted by Gasteiger charge is 2.26. The van der Waals surface area contributed by atoms with Crippen molar-refractivity contribution in [3.63, 3.8) is 0 Å². The summed E-state index contributed by atoms with van der Waals surface area (Å²) in [5, 5.41) is 0. The van der Waals surface area contributed by atoms with Crippen LogP contribution in [-0.2, 0) is 16.1 Å². The number of ether oxygens (including phenoxy) is 2. The first kappa shape index (κ1) is 26.1. The minimum atomic E-state index is -0.937. The van der Waals surface area contributed by atoms with E-state index in [4.69, 9.17) is 9.47 Å². The molecule has 1 aliphatic carbocycles. The fraction of sp³-hybridized carbons (Fsp3) is 0.333. The molecule has 0 aromatic heterocycles. The molecule has 4 rings (SSSR count). The second-order valence-corrected chi connectivity index (χ2v) is 9.07. The first-order valence-electron chi connectivity index (χ1n) is 12.3. The van der Waals surface area contributed by atoms with Gasteiger partial charge in [-0.25, -0.2) is 17.6 Å². The molecular weight excluding hydrogens is 468 g/mol. The summed E-state index contributed by atoms with van der Waals surface area (Å²) in [5.74, 6) is -3.51. The smallest absolute Gasteiger partial charge is 0.166 e. The molecular formula is C30H30F4O2. The van der Waals surface area contributed by atoms with E-state index in [2.05, 4.69) is 0 Å². The molecule has 0 bridgehead atoms. The van der Waals surface area contributed by atoms with Crippen LogP contribution in [-0.4, -0.2) is 19.8 Å².